The predicted octanol–water partition coefficient (Wildman–Crippen LogP) is 0.402. The Bertz CT molecular complexity index is 1820. The molecule has 10 N–H and O–H groups in total. The van der Waals surface area contributed by atoms with Crippen molar-refractivity contribution < 1.29 is 89.1 Å². The van der Waals surface area contributed by atoms with Gasteiger partial charge in [0.1, 0.15) is 61.0 Å². The van der Waals surface area contributed by atoms with Crippen LogP contribution in [0.2, 0.25) is 0 Å². The zero-order chi connectivity index (χ0) is 46.6. The first-order valence-corrected chi connectivity index (χ1v) is 23.1. The quantitative estimate of drug-likeness (QED) is 0.0896. The normalized spacial score (nSPS) is 52.5. The van der Waals surface area contributed by atoms with E-state index in [1.165, 1.54) is 5.57 Å². The van der Waals surface area contributed by atoms with E-state index < -0.39 is 128 Å². The molecule has 3 saturated heterocycles. The van der Waals surface area contributed by atoms with Crippen molar-refractivity contribution in [1.82, 2.24) is 0 Å². The lowest BCUT2D eigenvalue weighted by molar-refractivity contribution is -0.357. The Morgan fingerprint density at radius 1 is 0.766 bits per heavy atom. The highest BCUT2D eigenvalue weighted by Gasteiger charge is 2.70. The molecule has 3 aliphatic heterocycles. The number of aliphatic hydroxyl groups is 9. The first kappa shape index (κ1) is 48.3. The van der Waals surface area contributed by atoms with Crippen molar-refractivity contribution in [1.29, 1.82) is 0 Å². The summed E-state index contributed by atoms with van der Waals surface area (Å²) in [6.45, 7) is 14.7. The van der Waals surface area contributed by atoms with Crippen LogP contribution in [-0.2, 0) is 38.0 Å². The number of rotatable bonds is 8. The summed E-state index contributed by atoms with van der Waals surface area (Å²) in [4.78, 5) is 26.9. The van der Waals surface area contributed by atoms with Gasteiger partial charge in [0.25, 0.3) is 0 Å². The lowest BCUT2D eigenvalue weighted by Crippen LogP contribution is -2.67. The molecule has 362 valence electrons. The van der Waals surface area contributed by atoms with Crippen LogP contribution < -0.4 is 0 Å². The second kappa shape index (κ2) is 17.1. The summed E-state index contributed by atoms with van der Waals surface area (Å²) in [6.07, 6.45) is -14.3. The monoisotopic (exact) mass is 910 g/mol. The van der Waals surface area contributed by atoms with E-state index in [1.54, 1.807) is 0 Å². The van der Waals surface area contributed by atoms with Gasteiger partial charge in [-0.05, 0) is 97.7 Å². The molecule has 4 saturated carbocycles. The maximum absolute atomic E-state index is 14.5. The minimum absolute atomic E-state index is 0.119. The van der Waals surface area contributed by atoms with Gasteiger partial charge < -0.3 is 79.5 Å². The van der Waals surface area contributed by atoms with Gasteiger partial charge >= 0.3 is 11.9 Å². The van der Waals surface area contributed by atoms with Crippen molar-refractivity contribution in [3.63, 3.8) is 0 Å². The highest BCUT2D eigenvalue weighted by atomic mass is 16.7. The maximum atomic E-state index is 14.5. The summed E-state index contributed by atoms with van der Waals surface area (Å²) in [7, 11) is 0. The molecule has 18 nitrogen and oxygen atoms in total. The third-order valence-corrected chi connectivity index (χ3v) is 18.3. The van der Waals surface area contributed by atoms with Gasteiger partial charge in [-0.3, -0.25) is 4.79 Å². The van der Waals surface area contributed by atoms with Crippen LogP contribution in [-0.4, -0.2) is 168 Å². The molecular formula is C46H70O18. The molecule has 8 aliphatic rings. The number of hydrogen-bond acceptors (Lipinski definition) is 17. The molecule has 0 aromatic heterocycles. The summed E-state index contributed by atoms with van der Waals surface area (Å²) in [5.41, 5.74) is 0.120. The Morgan fingerprint density at radius 2 is 1.47 bits per heavy atom. The van der Waals surface area contributed by atoms with Crippen LogP contribution in [0, 0.1) is 44.8 Å². The van der Waals surface area contributed by atoms with Gasteiger partial charge in [-0.1, -0.05) is 58.4 Å². The van der Waals surface area contributed by atoms with Gasteiger partial charge in [-0.25, -0.2) is 4.79 Å². The molecule has 18 heteroatoms. The van der Waals surface area contributed by atoms with E-state index in [2.05, 4.69) is 47.3 Å². The molecule has 3 heterocycles. The molecule has 0 radical (unpaired) electrons. The van der Waals surface area contributed by atoms with Crippen molar-refractivity contribution in [2.75, 3.05) is 13.2 Å². The third-order valence-electron chi connectivity index (χ3n) is 18.3. The van der Waals surface area contributed by atoms with Gasteiger partial charge in [-0.15, -0.1) is 0 Å². The van der Waals surface area contributed by atoms with Gasteiger partial charge in [0.15, 0.2) is 18.7 Å². The molecule has 0 spiro atoms. The Hall–Kier alpha value is -2.14. The van der Waals surface area contributed by atoms with E-state index in [0.717, 1.165) is 31.3 Å². The highest BCUT2D eigenvalue weighted by molar-refractivity contribution is 5.79. The van der Waals surface area contributed by atoms with Crippen LogP contribution in [0.25, 0.3) is 0 Å². The first-order chi connectivity index (χ1) is 30.0. The Balaban J connectivity index is 1.02. The van der Waals surface area contributed by atoms with E-state index >= 15 is 0 Å². The molecule has 4 unspecified atom stereocenters. The summed E-state index contributed by atoms with van der Waals surface area (Å²) in [5, 5.41) is 105. The summed E-state index contributed by atoms with van der Waals surface area (Å²) in [6, 6.07) is 0. The molecule has 5 aliphatic carbocycles. The molecule has 0 aromatic rings. The number of carbonyl (C=O) groups excluding carboxylic acids is 1. The number of carbonyl (C=O) groups is 2. The van der Waals surface area contributed by atoms with E-state index in [-0.39, 0.29) is 34.0 Å². The minimum atomic E-state index is -1.90. The topological polar surface area (TPSA) is 292 Å². The van der Waals surface area contributed by atoms with E-state index in [4.69, 9.17) is 28.4 Å². The lowest BCUT2D eigenvalue weighted by Gasteiger charge is -2.71. The van der Waals surface area contributed by atoms with Crippen LogP contribution >= 0.6 is 0 Å². The Kier molecular flexibility index (Phi) is 12.9. The fourth-order valence-corrected chi connectivity index (χ4v) is 14.3. The number of aliphatic hydroxyl groups excluding tert-OH is 9. The van der Waals surface area contributed by atoms with E-state index in [0.29, 0.717) is 38.5 Å². The van der Waals surface area contributed by atoms with Crippen LogP contribution in [0.4, 0.5) is 0 Å². The molecule has 7 fully saturated rings. The van der Waals surface area contributed by atoms with E-state index in [9.17, 15) is 60.7 Å². The summed E-state index contributed by atoms with van der Waals surface area (Å²) in [5.74, 6) is -1.93. The number of fused-ring (bicyclic) bond motifs is 7. The number of esters is 1. The lowest BCUT2D eigenvalue weighted by atomic mass is 9.34. The summed E-state index contributed by atoms with van der Waals surface area (Å²) < 4.78 is 34.9. The molecule has 0 aromatic carbocycles. The Labute approximate surface area is 373 Å². The largest absolute Gasteiger partial charge is 0.479 e. The number of carboxylic acids is 1. The van der Waals surface area contributed by atoms with Gasteiger partial charge in [0.2, 0.25) is 6.29 Å². The molecular weight excluding hydrogens is 840 g/mol. The van der Waals surface area contributed by atoms with Crippen LogP contribution in [0.1, 0.15) is 98.8 Å². The summed E-state index contributed by atoms with van der Waals surface area (Å²) >= 11 is 0. The average Bonchev–Trinajstić information content (AvgIpc) is 3.24. The van der Waals surface area contributed by atoms with Crippen LogP contribution in [0.5, 0.6) is 0 Å². The fourth-order valence-electron chi connectivity index (χ4n) is 14.3. The number of ether oxygens (including phenoxy) is 6. The number of aliphatic carboxylic acids is 1. The van der Waals surface area contributed by atoms with Gasteiger partial charge in [0, 0.05) is 5.92 Å². The van der Waals surface area contributed by atoms with Crippen molar-refractivity contribution in [3.8, 4) is 0 Å². The van der Waals surface area contributed by atoms with Gasteiger partial charge in [-0.2, -0.15) is 0 Å². The molecule has 8 rings (SSSR count). The second-order valence-electron chi connectivity index (χ2n) is 21.6. The minimum Gasteiger partial charge on any atom is -0.479 e. The molecule has 22 atom stereocenters. The highest BCUT2D eigenvalue weighted by Crippen LogP contribution is 2.75. The number of carboxylic acid groups (broad SMARTS) is 1. The van der Waals surface area contributed by atoms with Crippen LogP contribution in [0.3, 0.4) is 0 Å². The SMILES string of the molecule is C=C1CC[C@]2(C(=O)O[C@H]3O[C@@H](CO)[C@H](O)[C@@H](O)[C@@H]3O)CC[C@]3(C)C(=CCC4[C@@]5(C)CC[C@H](O[C@H]6O[C@@H](C(=O)O)[C@H](O)[C@@H](OC7OC[C@H](O)[C@@H](O)[C@@H]7O)[C@@H]6O)C(C)(C)C5CC[C@]43C)C2C1. The molecule has 0 bridgehead atoms. The maximum Gasteiger partial charge on any atom is 0.335 e. The van der Waals surface area contributed by atoms with E-state index in [1.807, 2.05) is 0 Å². The van der Waals surface area contributed by atoms with Crippen LogP contribution in [0.15, 0.2) is 23.8 Å². The van der Waals surface area contributed by atoms with Gasteiger partial charge in [0.05, 0.1) is 24.7 Å². The standard InChI is InChI=1S/C46H70O18/c1-20-9-14-46(41(58)64-39-32(53)30(51)29(50)24(18-47)60-39)16-15-44(5)21(22(46)17-20)7-8-26-43(4)12-11-27(42(2,3)25(43)10-13-45(26,44)6)61-40-34(55)35(33(54)36(63-40)37(56)57)62-38-31(52)28(49)23(48)19-59-38/h7,22-36,38-40,47-55H,1,8-19H2,2-6H3,(H,56,57)/t22?,23-,24-,25?,26?,27-,28+,29-,30+,31-,32-,33+,34-,35+,36+,38?,39+,40-,43-,44+,45+,46-/m0/s1. The number of allylic oxidation sites excluding steroid dienone is 3. The average molecular weight is 911 g/mol. The second-order valence-corrected chi connectivity index (χ2v) is 21.6. The van der Waals surface area contributed by atoms with Crippen molar-refractivity contribution in [3.05, 3.63) is 23.8 Å². The first-order valence-electron chi connectivity index (χ1n) is 23.1. The zero-order valence-corrected chi connectivity index (χ0v) is 37.4. The Morgan fingerprint density at radius 3 is 2.16 bits per heavy atom. The zero-order valence-electron chi connectivity index (χ0n) is 37.4. The molecule has 64 heavy (non-hydrogen) atoms. The third kappa shape index (κ3) is 7.36. The van der Waals surface area contributed by atoms with Crippen molar-refractivity contribution in [2.24, 2.45) is 44.8 Å². The fraction of sp³-hybridized carbons (Fsp3) is 0.870. The number of hydrogen-bond donors (Lipinski definition) is 10. The molecule has 0 amide bonds. The predicted molar refractivity (Wildman–Crippen MR) is 220 cm³/mol. The smallest absolute Gasteiger partial charge is 0.335 e. The van der Waals surface area contributed by atoms with Crippen molar-refractivity contribution in [2.45, 2.75) is 191 Å². The van der Waals surface area contributed by atoms with Crippen molar-refractivity contribution >= 4 is 11.9 Å².